The molecule has 1 aliphatic heterocycles. The zero-order valence-electron chi connectivity index (χ0n) is 10.5. The minimum atomic E-state index is -0.481. The van der Waals surface area contributed by atoms with E-state index in [0.29, 0.717) is 13.0 Å². The first-order chi connectivity index (χ1) is 8.20. The lowest BCUT2D eigenvalue weighted by molar-refractivity contribution is -0.0873. The highest BCUT2D eigenvalue weighted by molar-refractivity contribution is 4.95. The van der Waals surface area contributed by atoms with Crippen molar-refractivity contribution in [3.05, 3.63) is 18.2 Å². The van der Waals surface area contributed by atoms with Crippen LogP contribution in [-0.4, -0.2) is 58.0 Å². The summed E-state index contributed by atoms with van der Waals surface area (Å²) in [5, 5.41) is 10.2. The third kappa shape index (κ3) is 3.06. The molecular weight excluding hydrogens is 218 g/mol. The average Bonchev–Trinajstić information content (AvgIpc) is 2.75. The highest BCUT2D eigenvalue weighted by Gasteiger charge is 2.26. The van der Waals surface area contributed by atoms with Gasteiger partial charge in [0.1, 0.15) is 5.82 Å². The number of morpholine rings is 1. The van der Waals surface area contributed by atoms with Crippen LogP contribution in [0.3, 0.4) is 0 Å². The van der Waals surface area contributed by atoms with Crippen LogP contribution >= 0.6 is 0 Å². The fraction of sp³-hybridized carbons (Fsp3) is 0.750. The lowest BCUT2D eigenvalue weighted by atomic mass is 10.1. The predicted molar refractivity (Wildman–Crippen MR) is 64.8 cm³/mol. The number of hydrogen-bond acceptors (Lipinski definition) is 4. The summed E-state index contributed by atoms with van der Waals surface area (Å²) in [5.41, 5.74) is 0. The highest BCUT2D eigenvalue weighted by atomic mass is 16.5. The zero-order valence-corrected chi connectivity index (χ0v) is 10.5. The number of aliphatic hydroxyl groups excluding tert-OH is 1. The van der Waals surface area contributed by atoms with Crippen LogP contribution < -0.4 is 0 Å². The molecule has 0 aromatic carbocycles. The number of imidazole rings is 1. The van der Waals surface area contributed by atoms with E-state index < -0.39 is 6.10 Å². The van der Waals surface area contributed by atoms with Crippen molar-refractivity contribution in [2.24, 2.45) is 7.05 Å². The Kier molecular flexibility index (Phi) is 4.15. The summed E-state index contributed by atoms with van der Waals surface area (Å²) >= 11 is 0. The number of aryl methyl sites for hydroxylation is 1. The molecule has 0 saturated carbocycles. The molecular formula is C12H21N3O2. The molecule has 1 aromatic rings. The number of ether oxygens (including phenoxy) is 1. The molecule has 1 fully saturated rings. The molecule has 5 nitrogen and oxygen atoms in total. The number of nitrogens with zero attached hydrogens (tertiary/aromatic N) is 3. The number of aliphatic hydroxyl groups is 1. The van der Waals surface area contributed by atoms with Gasteiger partial charge < -0.3 is 14.4 Å². The smallest absolute Gasteiger partial charge is 0.111 e. The van der Waals surface area contributed by atoms with Crippen LogP contribution in [0.5, 0.6) is 0 Å². The molecule has 2 atom stereocenters. The molecule has 0 amide bonds. The Morgan fingerprint density at radius 3 is 3.12 bits per heavy atom. The summed E-state index contributed by atoms with van der Waals surface area (Å²) in [4.78, 5) is 6.52. The molecule has 0 bridgehead atoms. The second-order valence-corrected chi connectivity index (χ2v) is 4.53. The van der Waals surface area contributed by atoms with Crippen molar-refractivity contribution < 1.29 is 9.84 Å². The Morgan fingerprint density at radius 1 is 1.65 bits per heavy atom. The van der Waals surface area contributed by atoms with Crippen LogP contribution in [0.25, 0.3) is 0 Å². The first-order valence-electron chi connectivity index (χ1n) is 6.19. The molecule has 1 aliphatic rings. The second kappa shape index (κ2) is 5.62. The zero-order chi connectivity index (χ0) is 12.3. The number of aromatic nitrogens is 2. The Bertz CT molecular complexity index is 353. The first kappa shape index (κ1) is 12.5. The highest BCUT2D eigenvalue weighted by Crippen LogP contribution is 2.12. The predicted octanol–water partition coefficient (Wildman–Crippen LogP) is 0.0442. The first-order valence-corrected chi connectivity index (χ1v) is 6.19. The molecule has 17 heavy (non-hydrogen) atoms. The number of rotatable bonds is 4. The molecule has 0 spiro atoms. The molecule has 1 N–H and O–H groups in total. The van der Waals surface area contributed by atoms with Crippen LogP contribution in [0.1, 0.15) is 12.7 Å². The van der Waals surface area contributed by atoms with E-state index in [9.17, 15) is 5.11 Å². The van der Waals surface area contributed by atoms with E-state index in [1.807, 2.05) is 17.8 Å². The Balaban J connectivity index is 1.91. The molecule has 2 rings (SSSR count). The van der Waals surface area contributed by atoms with Gasteiger partial charge in [-0.3, -0.25) is 4.90 Å². The van der Waals surface area contributed by atoms with E-state index >= 15 is 0 Å². The summed E-state index contributed by atoms with van der Waals surface area (Å²) in [7, 11) is 1.94. The van der Waals surface area contributed by atoms with Gasteiger partial charge in [0.15, 0.2) is 0 Å². The maximum Gasteiger partial charge on any atom is 0.111 e. The summed E-state index contributed by atoms with van der Waals surface area (Å²) in [6.07, 6.45) is 3.61. The number of hydrogen-bond donors (Lipinski definition) is 1. The lowest BCUT2D eigenvalue weighted by Gasteiger charge is -2.34. The quantitative estimate of drug-likeness (QED) is 0.806. The van der Waals surface area contributed by atoms with Crippen molar-refractivity contribution in [2.75, 3.05) is 26.2 Å². The molecule has 5 heteroatoms. The van der Waals surface area contributed by atoms with E-state index in [2.05, 4.69) is 16.8 Å². The van der Waals surface area contributed by atoms with Crippen molar-refractivity contribution in [3.8, 4) is 0 Å². The minimum Gasteiger partial charge on any atom is -0.390 e. The van der Waals surface area contributed by atoms with E-state index in [1.165, 1.54) is 0 Å². The molecule has 96 valence electrons. The molecule has 1 saturated heterocycles. The minimum absolute atomic E-state index is 0.0969. The van der Waals surface area contributed by atoms with E-state index in [4.69, 9.17) is 4.74 Å². The van der Waals surface area contributed by atoms with Gasteiger partial charge in [0.25, 0.3) is 0 Å². The lowest BCUT2D eigenvalue weighted by Crippen LogP contribution is -2.48. The Hall–Kier alpha value is -0.910. The van der Waals surface area contributed by atoms with Crippen molar-refractivity contribution >= 4 is 0 Å². The third-order valence-electron chi connectivity index (χ3n) is 3.37. The maximum atomic E-state index is 10.2. The fourth-order valence-corrected chi connectivity index (χ4v) is 2.16. The average molecular weight is 239 g/mol. The van der Waals surface area contributed by atoms with Gasteiger partial charge in [-0.05, 0) is 6.54 Å². The van der Waals surface area contributed by atoms with Crippen LogP contribution in [0.15, 0.2) is 12.4 Å². The molecule has 2 unspecified atom stereocenters. The van der Waals surface area contributed by atoms with Gasteiger partial charge in [0.2, 0.25) is 0 Å². The largest absolute Gasteiger partial charge is 0.390 e. The van der Waals surface area contributed by atoms with Gasteiger partial charge in [0.05, 0.1) is 18.8 Å². The maximum absolute atomic E-state index is 10.2. The van der Waals surface area contributed by atoms with Crippen molar-refractivity contribution in [3.63, 3.8) is 0 Å². The topological polar surface area (TPSA) is 50.5 Å². The van der Waals surface area contributed by atoms with Gasteiger partial charge in [-0.25, -0.2) is 4.98 Å². The van der Waals surface area contributed by atoms with E-state index in [1.54, 1.807) is 6.20 Å². The monoisotopic (exact) mass is 239 g/mol. The standard InChI is InChI=1S/C12H21N3O2/c1-3-15-6-7-17-11(9-15)10(16)8-12-13-4-5-14(12)2/h4-5,10-11,16H,3,6-9H2,1-2H3. The van der Waals surface area contributed by atoms with Gasteiger partial charge >= 0.3 is 0 Å². The fourth-order valence-electron chi connectivity index (χ4n) is 2.16. The second-order valence-electron chi connectivity index (χ2n) is 4.53. The molecule has 0 aliphatic carbocycles. The Labute approximate surface area is 102 Å². The normalized spacial score (nSPS) is 23.8. The molecule has 2 heterocycles. The van der Waals surface area contributed by atoms with E-state index in [0.717, 1.165) is 25.5 Å². The third-order valence-corrected chi connectivity index (χ3v) is 3.37. The van der Waals surface area contributed by atoms with Crippen LogP contribution in [0.2, 0.25) is 0 Å². The van der Waals surface area contributed by atoms with Crippen molar-refractivity contribution in [1.29, 1.82) is 0 Å². The Morgan fingerprint density at radius 2 is 2.47 bits per heavy atom. The SMILES string of the molecule is CCN1CCOC(C(O)Cc2nccn2C)C1. The van der Waals surface area contributed by atoms with Crippen LogP contribution in [0, 0.1) is 0 Å². The van der Waals surface area contributed by atoms with Crippen molar-refractivity contribution in [2.45, 2.75) is 25.6 Å². The summed E-state index contributed by atoms with van der Waals surface area (Å²) in [5.74, 6) is 0.898. The van der Waals surface area contributed by atoms with Gasteiger partial charge in [0, 0.05) is 39.0 Å². The molecule has 0 radical (unpaired) electrons. The van der Waals surface area contributed by atoms with Gasteiger partial charge in [-0.15, -0.1) is 0 Å². The molecule has 1 aromatic heterocycles. The summed E-state index contributed by atoms with van der Waals surface area (Å²) in [6.45, 7) is 5.61. The van der Waals surface area contributed by atoms with E-state index in [-0.39, 0.29) is 6.10 Å². The van der Waals surface area contributed by atoms with Crippen LogP contribution in [0.4, 0.5) is 0 Å². The van der Waals surface area contributed by atoms with Gasteiger partial charge in [-0.2, -0.15) is 0 Å². The summed E-state index contributed by atoms with van der Waals surface area (Å²) in [6, 6.07) is 0. The van der Waals surface area contributed by atoms with Crippen LogP contribution in [-0.2, 0) is 18.2 Å². The van der Waals surface area contributed by atoms with Crippen molar-refractivity contribution in [1.82, 2.24) is 14.5 Å². The summed E-state index contributed by atoms with van der Waals surface area (Å²) < 4.78 is 7.57. The van der Waals surface area contributed by atoms with Gasteiger partial charge in [-0.1, -0.05) is 6.92 Å². The number of likely N-dealkylation sites (N-methyl/N-ethyl adjacent to an activating group) is 1.